The van der Waals surface area contributed by atoms with Gasteiger partial charge < -0.3 is 19.5 Å². The quantitative estimate of drug-likeness (QED) is 0.799. The molecule has 1 N–H and O–H groups in total. The van der Waals surface area contributed by atoms with Crippen LogP contribution in [0.4, 0.5) is 4.79 Å². The Labute approximate surface area is 124 Å². The highest BCUT2D eigenvalue weighted by molar-refractivity contribution is 5.71. The molecule has 3 fully saturated rings. The van der Waals surface area contributed by atoms with Crippen LogP contribution in [-0.4, -0.2) is 53.0 Å². The molecule has 0 aromatic heterocycles. The van der Waals surface area contributed by atoms with Crippen LogP contribution in [0.25, 0.3) is 0 Å². The molecule has 0 aromatic carbocycles. The summed E-state index contributed by atoms with van der Waals surface area (Å²) in [7, 11) is 0. The van der Waals surface area contributed by atoms with E-state index < -0.39 is 11.6 Å². The molecule has 2 aliphatic heterocycles. The van der Waals surface area contributed by atoms with E-state index in [1.165, 1.54) is 0 Å². The maximum absolute atomic E-state index is 11.9. The van der Waals surface area contributed by atoms with E-state index in [1.54, 1.807) is 4.90 Å². The maximum atomic E-state index is 11.9. The van der Waals surface area contributed by atoms with Crippen LogP contribution in [0, 0.1) is 11.3 Å². The van der Waals surface area contributed by atoms with Crippen molar-refractivity contribution >= 4 is 12.1 Å². The topological polar surface area (TPSA) is 76.1 Å². The molecule has 1 saturated carbocycles. The van der Waals surface area contributed by atoms with Crippen LogP contribution in [0.15, 0.2) is 0 Å². The van der Waals surface area contributed by atoms with Gasteiger partial charge in [0.1, 0.15) is 5.60 Å². The van der Waals surface area contributed by atoms with Gasteiger partial charge in [-0.25, -0.2) is 4.79 Å². The third kappa shape index (κ3) is 2.61. The number of amides is 1. The average molecular weight is 297 g/mol. The maximum Gasteiger partial charge on any atom is 0.410 e. The summed E-state index contributed by atoms with van der Waals surface area (Å²) in [4.78, 5) is 24.6. The second kappa shape index (κ2) is 4.35. The smallest absolute Gasteiger partial charge is 0.410 e. The van der Waals surface area contributed by atoms with E-state index in [0.29, 0.717) is 26.1 Å². The second-order valence-corrected chi connectivity index (χ2v) is 7.92. The highest BCUT2D eigenvalue weighted by atomic mass is 16.6. The molecule has 0 bridgehead atoms. The number of hydrogen-bond donors (Lipinski definition) is 1. The Bertz CT molecular complexity index is 467. The molecule has 21 heavy (non-hydrogen) atoms. The zero-order valence-electron chi connectivity index (χ0n) is 12.8. The fourth-order valence-corrected chi connectivity index (χ4v) is 4.01. The molecule has 6 nitrogen and oxygen atoms in total. The molecule has 0 aromatic rings. The first-order valence-corrected chi connectivity index (χ1v) is 7.47. The molecule has 3 aliphatic rings. The van der Waals surface area contributed by atoms with E-state index in [1.807, 2.05) is 20.8 Å². The summed E-state index contributed by atoms with van der Waals surface area (Å²) >= 11 is 0. The second-order valence-electron chi connectivity index (χ2n) is 7.92. The first-order valence-electron chi connectivity index (χ1n) is 7.47. The summed E-state index contributed by atoms with van der Waals surface area (Å²) in [5, 5.41) is 9.04. The van der Waals surface area contributed by atoms with E-state index in [-0.39, 0.29) is 23.0 Å². The number of carboxylic acids is 1. The number of nitrogens with zero attached hydrogens (tertiary/aromatic N) is 1. The van der Waals surface area contributed by atoms with Crippen LogP contribution < -0.4 is 0 Å². The molecule has 1 unspecified atom stereocenters. The number of carboxylic acid groups (broad SMARTS) is 1. The van der Waals surface area contributed by atoms with Gasteiger partial charge >= 0.3 is 12.1 Å². The molecule has 0 radical (unpaired) electrons. The number of likely N-dealkylation sites (tertiary alicyclic amines) is 1. The number of carbonyl (C=O) groups excluding carboxylic acids is 1. The molecule has 2 saturated heterocycles. The van der Waals surface area contributed by atoms with Crippen molar-refractivity contribution in [2.45, 2.75) is 51.2 Å². The summed E-state index contributed by atoms with van der Waals surface area (Å²) in [6.45, 7) is 7.29. The van der Waals surface area contributed by atoms with Crippen LogP contribution in [0.5, 0.6) is 0 Å². The van der Waals surface area contributed by atoms with Crippen molar-refractivity contribution in [3.63, 3.8) is 0 Å². The van der Waals surface area contributed by atoms with Gasteiger partial charge in [-0.1, -0.05) is 0 Å². The first-order chi connectivity index (χ1) is 9.62. The molecule has 1 aliphatic carbocycles. The fraction of sp³-hybridized carbons (Fsp3) is 0.867. The standard InChI is InChI=1S/C15H23NO5/c1-13(2,3)21-12(19)16-8-14(9-16)6-15(7-14)4-10(5-20-15)11(17)18/h10H,4-9H2,1-3H3,(H,17,18). The van der Waals surface area contributed by atoms with Gasteiger partial charge in [0.05, 0.1) is 18.1 Å². The Morgan fingerprint density at radius 3 is 2.38 bits per heavy atom. The van der Waals surface area contributed by atoms with Crippen molar-refractivity contribution in [1.29, 1.82) is 0 Å². The van der Waals surface area contributed by atoms with Crippen LogP contribution >= 0.6 is 0 Å². The third-order valence-corrected chi connectivity index (χ3v) is 4.66. The summed E-state index contributed by atoms with van der Waals surface area (Å²) in [6, 6.07) is 0. The normalized spacial score (nSPS) is 29.1. The minimum absolute atomic E-state index is 0.129. The van der Waals surface area contributed by atoms with Crippen molar-refractivity contribution in [2.24, 2.45) is 11.3 Å². The van der Waals surface area contributed by atoms with Gasteiger partial charge in [-0.2, -0.15) is 0 Å². The number of hydrogen-bond acceptors (Lipinski definition) is 4. The molecular weight excluding hydrogens is 274 g/mol. The summed E-state index contributed by atoms with van der Waals surface area (Å²) in [6.07, 6.45) is 2.08. The summed E-state index contributed by atoms with van der Waals surface area (Å²) < 4.78 is 11.1. The van der Waals surface area contributed by atoms with Crippen molar-refractivity contribution in [2.75, 3.05) is 19.7 Å². The largest absolute Gasteiger partial charge is 0.481 e. The Morgan fingerprint density at radius 1 is 1.29 bits per heavy atom. The summed E-state index contributed by atoms with van der Waals surface area (Å²) in [5.41, 5.74) is -0.586. The lowest BCUT2D eigenvalue weighted by atomic mass is 9.54. The van der Waals surface area contributed by atoms with Crippen molar-refractivity contribution in [3.8, 4) is 0 Å². The van der Waals surface area contributed by atoms with Crippen LogP contribution in [0.2, 0.25) is 0 Å². The van der Waals surface area contributed by atoms with Crippen LogP contribution in [0.1, 0.15) is 40.0 Å². The Kier molecular flexibility index (Phi) is 3.03. The molecule has 6 heteroatoms. The predicted octanol–water partition coefficient (Wildman–Crippen LogP) is 1.88. The van der Waals surface area contributed by atoms with E-state index in [9.17, 15) is 9.59 Å². The van der Waals surface area contributed by atoms with Gasteiger partial charge in [0, 0.05) is 18.5 Å². The molecule has 118 valence electrons. The molecule has 2 heterocycles. The number of rotatable bonds is 1. The fourth-order valence-electron chi connectivity index (χ4n) is 4.01. The molecule has 1 amide bonds. The van der Waals surface area contributed by atoms with Crippen molar-refractivity contribution in [3.05, 3.63) is 0 Å². The van der Waals surface area contributed by atoms with Gasteiger partial charge in [0.15, 0.2) is 0 Å². The minimum atomic E-state index is -0.767. The third-order valence-electron chi connectivity index (χ3n) is 4.66. The van der Waals surface area contributed by atoms with Crippen LogP contribution in [0.3, 0.4) is 0 Å². The summed E-state index contributed by atoms with van der Waals surface area (Å²) in [5.74, 6) is -1.14. The lowest BCUT2D eigenvalue weighted by Crippen LogP contribution is -2.69. The van der Waals surface area contributed by atoms with Crippen molar-refractivity contribution in [1.82, 2.24) is 4.90 Å². The van der Waals surface area contributed by atoms with Gasteiger partial charge in [-0.05, 0) is 40.0 Å². The van der Waals surface area contributed by atoms with Gasteiger partial charge in [-0.3, -0.25) is 4.79 Å². The molecule has 3 rings (SSSR count). The Morgan fingerprint density at radius 2 is 1.90 bits per heavy atom. The minimum Gasteiger partial charge on any atom is -0.481 e. The van der Waals surface area contributed by atoms with Crippen molar-refractivity contribution < 1.29 is 24.2 Å². The Hall–Kier alpha value is -1.30. The van der Waals surface area contributed by atoms with E-state index >= 15 is 0 Å². The zero-order chi connectivity index (χ0) is 15.5. The van der Waals surface area contributed by atoms with Gasteiger partial charge in [0.25, 0.3) is 0 Å². The number of aliphatic carboxylic acids is 1. The molecular formula is C15H23NO5. The first kappa shape index (κ1) is 14.6. The lowest BCUT2D eigenvalue weighted by Gasteiger charge is -2.62. The average Bonchev–Trinajstić information content (AvgIpc) is 2.65. The van der Waals surface area contributed by atoms with E-state index in [0.717, 1.165) is 12.8 Å². The van der Waals surface area contributed by atoms with E-state index in [4.69, 9.17) is 14.6 Å². The highest BCUT2D eigenvalue weighted by Crippen LogP contribution is 2.60. The molecule has 1 atom stereocenters. The predicted molar refractivity (Wildman–Crippen MR) is 73.9 cm³/mol. The SMILES string of the molecule is CC(C)(C)OC(=O)N1CC2(C1)CC1(CC(C(=O)O)CO1)C2. The molecule has 2 spiro atoms. The number of carbonyl (C=O) groups is 2. The van der Waals surface area contributed by atoms with Crippen LogP contribution in [-0.2, 0) is 14.3 Å². The Balaban J connectivity index is 1.48. The lowest BCUT2D eigenvalue weighted by molar-refractivity contribution is -0.189. The van der Waals surface area contributed by atoms with Gasteiger partial charge in [0.2, 0.25) is 0 Å². The number of ether oxygens (including phenoxy) is 2. The van der Waals surface area contributed by atoms with Gasteiger partial charge in [-0.15, -0.1) is 0 Å². The van der Waals surface area contributed by atoms with E-state index in [2.05, 4.69) is 0 Å². The highest BCUT2D eigenvalue weighted by Gasteiger charge is 2.64. The zero-order valence-corrected chi connectivity index (χ0v) is 12.8. The monoisotopic (exact) mass is 297 g/mol.